The molecule has 0 aliphatic heterocycles. The van der Waals surface area contributed by atoms with E-state index >= 15 is 0 Å². The summed E-state index contributed by atoms with van der Waals surface area (Å²) in [6.45, 7) is 1.72. The van der Waals surface area contributed by atoms with Crippen molar-refractivity contribution in [1.29, 1.82) is 0 Å². The predicted octanol–water partition coefficient (Wildman–Crippen LogP) is 2.80. The molecule has 1 amide bonds. The van der Waals surface area contributed by atoms with Crippen LogP contribution in [0.3, 0.4) is 0 Å². The molecule has 0 saturated heterocycles. The van der Waals surface area contributed by atoms with Crippen LogP contribution < -0.4 is 5.32 Å². The van der Waals surface area contributed by atoms with Gasteiger partial charge in [0.15, 0.2) is 0 Å². The predicted molar refractivity (Wildman–Crippen MR) is 77.4 cm³/mol. The highest BCUT2D eigenvalue weighted by Crippen LogP contribution is 2.15. The maximum atomic E-state index is 11.8. The zero-order chi connectivity index (χ0) is 15.4. The number of carbonyl (C=O) groups is 2. The van der Waals surface area contributed by atoms with Crippen LogP contribution >= 0.6 is 11.6 Å². The van der Waals surface area contributed by atoms with E-state index < -0.39 is 5.97 Å². The lowest BCUT2D eigenvalue weighted by atomic mass is 10.1. The van der Waals surface area contributed by atoms with Crippen LogP contribution in [0.15, 0.2) is 34.7 Å². The van der Waals surface area contributed by atoms with E-state index in [0.717, 1.165) is 5.56 Å². The van der Waals surface area contributed by atoms with Crippen molar-refractivity contribution in [1.82, 2.24) is 5.32 Å². The topological polar surface area (TPSA) is 79.5 Å². The lowest BCUT2D eigenvalue weighted by Gasteiger charge is -2.04. The number of rotatable bonds is 5. The third kappa shape index (κ3) is 4.10. The van der Waals surface area contributed by atoms with Gasteiger partial charge in [0.05, 0.1) is 13.0 Å². The minimum Gasteiger partial charge on any atom is -0.478 e. The van der Waals surface area contributed by atoms with Crippen LogP contribution in [0.1, 0.15) is 27.4 Å². The molecule has 0 bridgehead atoms. The van der Waals surface area contributed by atoms with E-state index in [-0.39, 0.29) is 24.4 Å². The Morgan fingerprint density at radius 2 is 2.10 bits per heavy atom. The van der Waals surface area contributed by atoms with Gasteiger partial charge >= 0.3 is 5.97 Å². The van der Waals surface area contributed by atoms with Crippen molar-refractivity contribution in [2.75, 3.05) is 0 Å². The number of nitrogens with one attached hydrogen (secondary N) is 1. The summed E-state index contributed by atoms with van der Waals surface area (Å²) in [5.41, 5.74) is 0.913. The summed E-state index contributed by atoms with van der Waals surface area (Å²) < 4.78 is 5.28. The number of hydrogen-bond donors (Lipinski definition) is 2. The second-order valence-corrected chi connectivity index (χ2v) is 5.01. The number of aromatic carboxylic acids is 1. The smallest absolute Gasteiger partial charge is 0.339 e. The number of hydrogen-bond acceptors (Lipinski definition) is 3. The van der Waals surface area contributed by atoms with E-state index in [4.69, 9.17) is 21.1 Å². The molecule has 0 aliphatic carbocycles. The van der Waals surface area contributed by atoms with Crippen LogP contribution in [0.4, 0.5) is 0 Å². The molecule has 2 rings (SSSR count). The summed E-state index contributed by atoms with van der Waals surface area (Å²) in [6, 6.07) is 8.46. The number of carbonyl (C=O) groups excluding carboxylic acids is 1. The highest BCUT2D eigenvalue weighted by atomic mass is 35.5. The molecule has 110 valence electrons. The lowest BCUT2D eigenvalue weighted by Crippen LogP contribution is -2.24. The first-order valence-corrected chi connectivity index (χ1v) is 6.67. The average molecular weight is 308 g/mol. The maximum absolute atomic E-state index is 11.8. The largest absolute Gasteiger partial charge is 0.478 e. The maximum Gasteiger partial charge on any atom is 0.339 e. The molecule has 1 heterocycles. The number of carboxylic acids is 1. The standard InChI is InChI=1S/C15H14ClNO4/c1-9-13(15(19)20)7-12(21-9)8-17-14(18)6-10-3-2-4-11(16)5-10/h2-5,7H,6,8H2,1H3,(H,17,18)(H,19,20). The first-order chi connectivity index (χ1) is 9.95. The average Bonchev–Trinajstić information content (AvgIpc) is 2.78. The summed E-state index contributed by atoms with van der Waals surface area (Å²) in [7, 11) is 0. The molecule has 0 unspecified atom stereocenters. The molecule has 0 saturated carbocycles. The normalized spacial score (nSPS) is 10.4. The van der Waals surface area contributed by atoms with Crippen LogP contribution in [-0.4, -0.2) is 17.0 Å². The van der Waals surface area contributed by atoms with Crippen LogP contribution in [-0.2, 0) is 17.8 Å². The molecule has 6 heteroatoms. The molecular formula is C15H14ClNO4. The summed E-state index contributed by atoms with van der Waals surface area (Å²) in [4.78, 5) is 22.7. The van der Waals surface area contributed by atoms with Gasteiger partial charge in [-0.2, -0.15) is 0 Å². The first kappa shape index (κ1) is 15.1. The molecule has 1 aromatic carbocycles. The fourth-order valence-corrected chi connectivity index (χ4v) is 2.14. The van der Waals surface area contributed by atoms with Gasteiger partial charge in [-0.1, -0.05) is 23.7 Å². The minimum atomic E-state index is -1.05. The fraction of sp³-hybridized carbons (Fsp3) is 0.200. The Morgan fingerprint density at radius 3 is 2.71 bits per heavy atom. The van der Waals surface area contributed by atoms with Crippen LogP contribution in [0.25, 0.3) is 0 Å². The van der Waals surface area contributed by atoms with Crippen molar-refractivity contribution in [3.63, 3.8) is 0 Å². The Kier molecular flexibility index (Phi) is 4.65. The van der Waals surface area contributed by atoms with Crippen molar-refractivity contribution in [2.24, 2.45) is 0 Å². The van der Waals surface area contributed by atoms with Gasteiger partial charge in [-0.3, -0.25) is 4.79 Å². The van der Waals surface area contributed by atoms with Gasteiger partial charge in [0, 0.05) is 5.02 Å². The highest BCUT2D eigenvalue weighted by Gasteiger charge is 2.14. The van der Waals surface area contributed by atoms with Gasteiger partial charge in [-0.05, 0) is 30.7 Å². The van der Waals surface area contributed by atoms with Crippen LogP contribution in [0, 0.1) is 6.92 Å². The van der Waals surface area contributed by atoms with Crippen LogP contribution in [0.2, 0.25) is 5.02 Å². The van der Waals surface area contributed by atoms with Gasteiger partial charge in [-0.15, -0.1) is 0 Å². The summed E-state index contributed by atoms with van der Waals surface area (Å²) in [5, 5.41) is 12.2. The van der Waals surface area contributed by atoms with Gasteiger partial charge in [0.2, 0.25) is 5.91 Å². The third-order valence-electron chi connectivity index (χ3n) is 2.91. The second-order valence-electron chi connectivity index (χ2n) is 4.57. The summed E-state index contributed by atoms with van der Waals surface area (Å²) in [5.74, 6) is -0.512. The number of benzene rings is 1. The van der Waals surface area contributed by atoms with Gasteiger partial charge in [-0.25, -0.2) is 4.79 Å². The Balaban J connectivity index is 1.92. The number of aryl methyl sites for hydroxylation is 1. The van der Waals surface area contributed by atoms with Crippen molar-refractivity contribution >= 4 is 23.5 Å². The van der Waals surface area contributed by atoms with Crippen LogP contribution in [0.5, 0.6) is 0 Å². The number of carboxylic acid groups (broad SMARTS) is 1. The van der Waals surface area contributed by atoms with Gasteiger partial charge in [0.25, 0.3) is 0 Å². The molecular weight excluding hydrogens is 294 g/mol. The second kappa shape index (κ2) is 6.45. The van der Waals surface area contributed by atoms with E-state index in [1.165, 1.54) is 6.07 Å². The first-order valence-electron chi connectivity index (χ1n) is 6.29. The summed E-state index contributed by atoms with van der Waals surface area (Å²) in [6.07, 6.45) is 0.200. The van der Waals surface area contributed by atoms with E-state index in [2.05, 4.69) is 5.32 Å². The quantitative estimate of drug-likeness (QED) is 0.890. The molecule has 21 heavy (non-hydrogen) atoms. The Labute approximate surface area is 126 Å². The van der Waals surface area contributed by atoms with Gasteiger partial charge < -0.3 is 14.8 Å². The molecule has 2 aromatic rings. The molecule has 0 atom stereocenters. The van der Waals surface area contributed by atoms with E-state index in [1.807, 2.05) is 6.07 Å². The summed E-state index contributed by atoms with van der Waals surface area (Å²) >= 11 is 5.85. The van der Waals surface area contributed by atoms with Gasteiger partial charge in [0.1, 0.15) is 17.1 Å². The number of halogens is 1. The van der Waals surface area contributed by atoms with E-state index in [0.29, 0.717) is 16.5 Å². The fourth-order valence-electron chi connectivity index (χ4n) is 1.92. The Bertz CT molecular complexity index is 678. The number of amides is 1. The lowest BCUT2D eigenvalue weighted by molar-refractivity contribution is -0.120. The Morgan fingerprint density at radius 1 is 1.33 bits per heavy atom. The van der Waals surface area contributed by atoms with Crippen molar-refractivity contribution < 1.29 is 19.1 Å². The molecule has 0 aliphatic rings. The van der Waals surface area contributed by atoms with Crippen molar-refractivity contribution in [3.8, 4) is 0 Å². The van der Waals surface area contributed by atoms with Crippen molar-refractivity contribution in [3.05, 3.63) is 58.0 Å². The molecule has 5 nitrogen and oxygen atoms in total. The molecule has 1 aromatic heterocycles. The molecule has 0 radical (unpaired) electrons. The van der Waals surface area contributed by atoms with Crippen molar-refractivity contribution in [2.45, 2.75) is 19.9 Å². The zero-order valence-corrected chi connectivity index (χ0v) is 12.1. The molecule has 2 N–H and O–H groups in total. The number of furan rings is 1. The molecule has 0 fully saturated rings. The zero-order valence-electron chi connectivity index (χ0n) is 11.4. The molecule has 0 spiro atoms. The monoisotopic (exact) mass is 307 g/mol. The Hall–Kier alpha value is -2.27. The minimum absolute atomic E-state index is 0.106. The highest BCUT2D eigenvalue weighted by molar-refractivity contribution is 6.30. The third-order valence-corrected chi connectivity index (χ3v) is 3.15. The van der Waals surface area contributed by atoms with E-state index in [9.17, 15) is 9.59 Å². The van der Waals surface area contributed by atoms with E-state index in [1.54, 1.807) is 25.1 Å². The SMILES string of the molecule is Cc1oc(CNC(=O)Cc2cccc(Cl)c2)cc1C(=O)O.